The van der Waals surface area contributed by atoms with Crippen LogP contribution in [-0.4, -0.2) is 16.0 Å². The Morgan fingerprint density at radius 2 is 2.20 bits per heavy atom. The molecule has 4 N–H and O–H groups in total. The lowest BCUT2D eigenvalue weighted by Crippen LogP contribution is -2.28. The van der Waals surface area contributed by atoms with Gasteiger partial charge in [-0.25, -0.2) is 0 Å². The van der Waals surface area contributed by atoms with E-state index in [-0.39, 0.29) is 11.9 Å². The molecule has 2 heterocycles. The summed E-state index contributed by atoms with van der Waals surface area (Å²) in [4.78, 5) is 16.2. The minimum atomic E-state index is -0.283. The van der Waals surface area contributed by atoms with Crippen LogP contribution >= 0.6 is 0 Å². The van der Waals surface area contributed by atoms with Gasteiger partial charge in [0, 0.05) is 11.8 Å². The Hall–Kier alpha value is -2.41. The summed E-state index contributed by atoms with van der Waals surface area (Å²) in [7, 11) is 0. The zero-order chi connectivity index (χ0) is 14.7. The van der Waals surface area contributed by atoms with Gasteiger partial charge in [-0.1, -0.05) is 5.16 Å². The molecule has 2 rings (SSSR count). The number of aromatic nitrogens is 2. The zero-order valence-corrected chi connectivity index (χ0v) is 11.6. The van der Waals surface area contributed by atoms with Gasteiger partial charge >= 0.3 is 0 Å². The number of anilines is 1. The summed E-state index contributed by atoms with van der Waals surface area (Å²) < 4.78 is 5.10. The first-order valence-electron chi connectivity index (χ1n) is 6.19. The molecule has 2 aromatic rings. The maximum Gasteiger partial charge on any atom is 0.270 e. The molecule has 0 aliphatic heterocycles. The van der Waals surface area contributed by atoms with E-state index < -0.39 is 0 Å². The van der Waals surface area contributed by atoms with Crippen molar-refractivity contribution in [3.05, 3.63) is 41.0 Å². The molecule has 1 unspecified atom stereocenters. The third-order valence-electron chi connectivity index (χ3n) is 3.03. The monoisotopic (exact) mass is 275 g/mol. The molecule has 0 aliphatic rings. The van der Waals surface area contributed by atoms with E-state index in [1.807, 2.05) is 20.8 Å². The summed E-state index contributed by atoms with van der Waals surface area (Å²) in [5.41, 5.74) is 5.03. The van der Waals surface area contributed by atoms with Crippen LogP contribution in [0.4, 0.5) is 5.69 Å². The van der Waals surface area contributed by atoms with Crippen LogP contribution in [0.5, 0.6) is 0 Å². The number of carbonyl (C=O) groups excluding carboxylic acids is 1. The highest BCUT2D eigenvalue weighted by atomic mass is 16.5. The van der Waals surface area contributed by atoms with Crippen molar-refractivity contribution < 1.29 is 9.32 Å². The largest absolute Gasteiger partial charge is 0.361 e. The van der Waals surface area contributed by atoms with Crippen LogP contribution in [-0.2, 0) is 0 Å². The van der Waals surface area contributed by atoms with E-state index in [9.17, 15) is 4.79 Å². The van der Waals surface area contributed by atoms with Gasteiger partial charge in [0.25, 0.3) is 5.91 Å². The van der Waals surface area contributed by atoms with E-state index >= 15 is 0 Å². The van der Waals surface area contributed by atoms with Gasteiger partial charge in [0.15, 0.2) is 0 Å². The molecule has 0 spiro atoms. The number of hydrazine groups is 1. The van der Waals surface area contributed by atoms with Crippen molar-refractivity contribution in [2.24, 2.45) is 5.84 Å². The van der Waals surface area contributed by atoms with E-state index in [0.717, 1.165) is 11.3 Å². The molecule has 1 atom stereocenters. The highest BCUT2D eigenvalue weighted by molar-refractivity contribution is 5.93. The van der Waals surface area contributed by atoms with Gasteiger partial charge in [-0.3, -0.25) is 15.6 Å². The van der Waals surface area contributed by atoms with Crippen molar-refractivity contribution in [3.8, 4) is 0 Å². The summed E-state index contributed by atoms with van der Waals surface area (Å²) in [6.45, 7) is 5.52. The Kier molecular flexibility index (Phi) is 3.99. The van der Waals surface area contributed by atoms with E-state index in [2.05, 4.69) is 20.9 Å². The van der Waals surface area contributed by atoms with Gasteiger partial charge in [-0.05, 0) is 32.9 Å². The van der Waals surface area contributed by atoms with Crippen LogP contribution in [0.2, 0.25) is 0 Å². The average molecular weight is 275 g/mol. The molecule has 0 aromatic carbocycles. The number of aryl methyl sites for hydroxylation is 2. The number of nitrogen functional groups attached to an aromatic ring is 1. The summed E-state index contributed by atoms with van der Waals surface area (Å²) in [5, 5.41) is 6.74. The van der Waals surface area contributed by atoms with Crippen molar-refractivity contribution in [1.82, 2.24) is 15.5 Å². The molecule has 1 amide bonds. The number of carbonyl (C=O) groups is 1. The number of amides is 1. The number of pyridine rings is 1. The van der Waals surface area contributed by atoms with Gasteiger partial charge in [-0.15, -0.1) is 0 Å². The SMILES string of the molecule is Cc1noc(C)c1C(C)NC(=O)c1cc(NN)ccn1. The number of nitrogens with two attached hydrogens (primary N) is 1. The molecule has 0 saturated carbocycles. The first kappa shape index (κ1) is 14.0. The Labute approximate surface area is 116 Å². The van der Waals surface area contributed by atoms with E-state index in [1.165, 1.54) is 6.20 Å². The summed E-state index contributed by atoms with van der Waals surface area (Å²) in [5.74, 6) is 5.72. The number of nitrogens with one attached hydrogen (secondary N) is 2. The average Bonchev–Trinajstić information content (AvgIpc) is 2.78. The molecular formula is C13H17N5O2. The van der Waals surface area contributed by atoms with Gasteiger partial charge in [0.05, 0.1) is 17.4 Å². The normalized spacial score (nSPS) is 12.0. The number of hydrogen-bond acceptors (Lipinski definition) is 6. The van der Waals surface area contributed by atoms with Gasteiger partial charge < -0.3 is 15.3 Å². The second-order valence-corrected chi connectivity index (χ2v) is 4.51. The molecule has 7 nitrogen and oxygen atoms in total. The Morgan fingerprint density at radius 1 is 1.45 bits per heavy atom. The van der Waals surface area contributed by atoms with E-state index in [1.54, 1.807) is 12.1 Å². The second kappa shape index (κ2) is 5.70. The molecule has 0 saturated heterocycles. The van der Waals surface area contributed by atoms with Crippen molar-refractivity contribution >= 4 is 11.6 Å². The topological polar surface area (TPSA) is 106 Å². The van der Waals surface area contributed by atoms with E-state index in [0.29, 0.717) is 17.1 Å². The quantitative estimate of drug-likeness (QED) is 0.576. The predicted molar refractivity (Wildman–Crippen MR) is 73.9 cm³/mol. The minimum Gasteiger partial charge on any atom is -0.361 e. The van der Waals surface area contributed by atoms with Crippen molar-refractivity contribution in [3.63, 3.8) is 0 Å². The fourth-order valence-electron chi connectivity index (χ4n) is 2.10. The Morgan fingerprint density at radius 3 is 2.80 bits per heavy atom. The number of rotatable bonds is 4. The Balaban J connectivity index is 2.15. The molecule has 20 heavy (non-hydrogen) atoms. The minimum absolute atomic E-state index is 0.218. The van der Waals surface area contributed by atoms with Crippen LogP contribution in [0.25, 0.3) is 0 Å². The summed E-state index contributed by atoms with van der Waals surface area (Å²) >= 11 is 0. The highest BCUT2D eigenvalue weighted by Gasteiger charge is 2.19. The molecular weight excluding hydrogens is 258 g/mol. The number of hydrogen-bond donors (Lipinski definition) is 3. The molecule has 7 heteroatoms. The molecule has 106 valence electrons. The van der Waals surface area contributed by atoms with Gasteiger partial charge in [0.2, 0.25) is 0 Å². The highest BCUT2D eigenvalue weighted by Crippen LogP contribution is 2.21. The van der Waals surface area contributed by atoms with Crippen molar-refractivity contribution in [2.45, 2.75) is 26.8 Å². The van der Waals surface area contributed by atoms with Crippen molar-refractivity contribution in [2.75, 3.05) is 5.43 Å². The van der Waals surface area contributed by atoms with Crippen LogP contribution in [0.1, 0.15) is 40.5 Å². The zero-order valence-electron chi connectivity index (χ0n) is 11.6. The van der Waals surface area contributed by atoms with Gasteiger partial charge in [-0.2, -0.15) is 0 Å². The fraction of sp³-hybridized carbons (Fsp3) is 0.308. The lowest BCUT2D eigenvalue weighted by molar-refractivity contribution is 0.0934. The third-order valence-corrected chi connectivity index (χ3v) is 3.03. The van der Waals surface area contributed by atoms with Crippen molar-refractivity contribution in [1.29, 1.82) is 0 Å². The standard InChI is InChI=1S/C13H17N5O2/c1-7(12-8(2)18-20-9(12)3)16-13(19)11-6-10(17-14)4-5-15-11/h4-7H,14H2,1-3H3,(H,15,17)(H,16,19). The first-order valence-corrected chi connectivity index (χ1v) is 6.19. The van der Waals surface area contributed by atoms with Gasteiger partial charge in [0.1, 0.15) is 11.5 Å². The third kappa shape index (κ3) is 2.77. The van der Waals surface area contributed by atoms with E-state index in [4.69, 9.17) is 10.4 Å². The molecule has 0 bridgehead atoms. The number of nitrogens with zero attached hydrogens (tertiary/aromatic N) is 2. The second-order valence-electron chi connectivity index (χ2n) is 4.51. The molecule has 2 aromatic heterocycles. The first-order chi connectivity index (χ1) is 9.52. The smallest absolute Gasteiger partial charge is 0.270 e. The summed E-state index contributed by atoms with van der Waals surface area (Å²) in [6, 6.07) is 3.04. The maximum absolute atomic E-state index is 12.1. The Bertz CT molecular complexity index is 603. The molecule has 0 fully saturated rings. The predicted octanol–water partition coefficient (Wildman–Crippen LogP) is 1.46. The molecule has 0 radical (unpaired) electrons. The lowest BCUT2D eigenvalue weighted by Gasteiger charge is -2.13. The summed E-state index contributed by atoms with van der Waals surface area (Å²) in [6.07, 6.45) is 1.52. The van der Waals surface area contributed by atoms with Crippen LogP contribution in [0.3, 0.4) is 0 Å². The fourth-order valence-corrected chi connectivity index (χ4v) is 2.10. The lowest BCUT2D eigenvalue weighted by atomic mass is 10.1. The van der Waals surface area contributed by atoms with Crippen LogP contribution < -0.4 is 16.6 Å². The molecule has 0 aliphatic carbocycles. The van der Waals surface area contributed by atoms with Crippen LogP contribution in [0, 0.1) is 13.8 Å². The maximum atomic E-state index is 12.1. The van der Waals surface area contributed by atoms with Crippen LogP contribution in [0.15, 0.2) is 22.9 Å².